The molecule has 0 aliphatic carbocycles. The molecule has 2 rings (SSSR count). The van der Waals surface area contributed by atoms with Crippen LogP contribution in [0.5, 0.6) is 5.88 Å². The molecule has 2 heterocycles. The van der Waals surface area contributed by atoms with Crippen molar-refractivity contribution in [3.8, 4) is 5.88 Å². The summed E-state index contributed by atoms with van der Waals surface area (Å²) in [7, 11) is 0. The molecule has 0 amide bonds. The maximum absolute atomic E-state index is 12.5. The van der Waals surface area contributed by atoms with E-state index in [2.05, 4.69) is 18.8 Å². The molecule has 17 heavy (non-hydrogen) atoms. The van der Waals surface area contributed by atoms with Gasteiger partial charge in [-0.15, -0.1) is 0 Å². The second-order valence-electron chi connectivity index (χ2n) is 4.79. The Morgan fingerprint density at radius 2 is 2.24 bits per heavy atom. The maximum atomic E-state index is 12.5. The number of nitrogens with zero attached hydrogens (tertiary/aromatic N) is 2. The quantitative estimate of drug-likeness (QED) is 0.786. The maximum Gasteiger partial charge on any atom is 0.213 e. The fourth-order valence-corrected chi connectivity index (χ4v) is 1.79. The van der Waals surface area contributed by atoms with E-state index in [1.807, 2.05) is 23.2 Å². The number of rotatable bonds is 5. The number of hydrogen-bond acceptors (Lipinski definition) is 3. The predicted molar refractivity (Wildman–Crippen MR) is 65.2 cm³/mol. The SMILES string of the molecule is CC(C)c1ccc(OCCN2CC(F)C2)nc1. The standard InChI is InChI=1S/C13H19FN2O/c1-10(2)11-3-4-13(15-7-11)17-6-5-16-8-12(14)9-16/h3-4,7,10,12H,5-6,8-9H2,1-2H3. The van der Waals surface area contributed by atoms with Gasteiger partial charge in [-0.05, 0) is 11.5 Å². The average Bonchev–Trinajstić information content (AvgIpc) is 2.27. The molecular weight excluding hydrogens is 219 g/mol. The van der Waals surface area contributed by atoms with Crippen molar-refractivity contribution in [3.05, 3.63) is 23.9 Å². The van der Waals surface area contributed by atoms with Gasteiger partial charge in [0.25, 0.3) is 0 Å². The summed E-state index contributed by atoms with van der Waals surface area (Å²) in [5.41, 5.74) is 1.21. The number of aromatic nitrogens is 1. The highest BCUT2D eigenvalue weighted by molar-refractivity contribution is 5.20. The Balaban J connectivity index is 1.71. The molecule has 1 aromatic heterocycles. The van der Waals surface area contributed by atoms with E-state index in [0.29, 0.717) is 31.5 Å². The second-order valence-corrected chi connectivity index (χ2v) is 4.79. The van der Waals surface area contributed by atoms with Crippen LogP contribution in [0.25, 0.3) is 0 Å². The predicted octanol–water partition coefficient (Wildman–Crippen LogP) is 2.24. The third-order valence-electron chi connectivity index (χ3n) is 3.00. The van der Waals surface area contributed by atoms with Crippen LogP contribution in [0.3, 0.4) is 0 Å². The van der Waals surface area contributed by atoms with E-state index in [-0.39, 0.29) is 0 Å². The summed E-state index contributed by atoms with van der Waals surface area (Å²) in [6.45, 7) is 6.70. The zero-order chi connectivity index (χ0) is 12.3. The van der Waals surface area contributed by atoms with Crippen molar-refractivity contribution in [2.45, 2.75) is 25.9 Å². The fourth-order valence-electron chi connectivity index (χ4n) is 1.79. The van der Waals surface area contributed by atoms with Gasteiger partial charge in [0.15, 0.2) is 0 Å². The summed E-state index contributed by atoms with van der Waals surface area (Å²) >= 11 is 0. The average molecular weight is 238 g/mol. The Bertz CT molecular complexity index is 347. The molecule has 0 N–H and O–H groups in total. The summed E-state index contributed by atoms with van der Waals surface area (Å²) in [4.78, 5) is 6.28. The van der Waals surface area contributed by atoms with E-state index < -0.39 is 6.17 Å². The molecule has 1 aromatic rings. The summed E-state index contributed by atoms with van der Waals surface area (Å²) in [6, 6.07) is 3.93. The molecular formula is C13H19FN2O. The van der Waals surface area contributed by atoms with Crippen LogP contribution < -0.4 is 4.74 Å². The highest BCUT2D eigenvalue weighted by Crippen LogP contribution is 2.16. The highest BCUT2D eigenvalue weighted by Gasteiger charge is 2.25. The van der Waals surface area contributed by atoms with Crippen molar-refractivity contribution in [1.82, 2.24) is 9.88 Å². The first-order valence-electron chi connectivity index (χ1n) is 6.10. The minimum atomic E-state index is -0.640. The van der Waals surface area contributed by atoms with Crippen LogP contribution in [-0.4, -0.2) is 42.3 Å². The number of ether oxygens (including phenoxy) is 1. The third kappa shape index (κ3) is 3.40. The Labute approximate surface area is 102 Å². The van der Waals surface area contributed by atoms with Crippen molar-refractivity contribution in [2.75, 3.05) is 26.2 Å². The van der Waals surface area contributed by atoms with E-state index in [1.54, 1.807) is 0 Å². The van der Waals surface area contributed by atoms with Gasteiger partial charge >= 0.3 is 0 Å². The summed E-state index contributed by atoms with van der Waals surface area (Å²) < 4.78 is 18.1. The minimum absolute atomic E-state index is 0.485. The Kier molecular flexibility index (Phi) is 3.94. The number of pyridine rings is 1. The lowest BCUT2D eigenvalue weighted by Gasteiger charge is -2.33. The molecule has 1 saturated heterocycles. The molecule has 4 heteroatoms. The van der Waals surface area contributed by atoms with Gasteiger partial charge in [0.1, 0.15) is 12.8 Å². The van der Waals surface area contributed by atoms with Crippen LogP contribution in [0.2, 0.25) is 0 Å². The Morgan fingerprint density at radius 1 is 1.47 bits per heavy atom. The largest absolute Gasteiger partial charge is 0.476 e. The molecule has 0 bridgehead atoms. The van der Waals surface area contributed by atoms with Crippen LogP contribution in [-0.2, 0) is 0 Å². The number of likely N-dealkylation sites (tertiary alicyclic amines) is 1. The van der Waals surface area contributed by atoms with Crippen LogP contribution in [0, 0.1) is 0 Å². The fraction of sp³-hybridized carbons (Fsp3) is 0.615. The Morgan fingerprint density at radius 3 is 2.76 bits per heavy atom. The van der Waals surface area contributed by atoms with Gasteiger partial charge in [0.2, 0.25) is 5.88 Å². The molecule has 0 radical (unpaired) electrons. The first-order chi connectivity index (χ1) is 8.15. The van der Waals surface area contributed by atoms with E-state index in [4.69, 9.17) is 4.74 Å². The number of alkyl halides is 1. The molecule has 3 nitrogen and oxygen atoms in total. The third-order valence-corrected chi connectivity index (χ3v) is 3.00. The van der Waals surface area contributed by atoms with Crippen molar-refractivity contribution in [1.29, 1.82) is 0 Å². The van der Waals surface area contributed by atoms with Gasteiger partial charge in [0, 0.05) is 31.9 Å². The van der Waals surface area contributed by atoms with Crippen LogP contribution in [0.15, 0.2) is 18.3 Å². The first kappa shape index (κ1) is 12.3. The monoisotopic (exact) mass is 238 g/mol. The van der Waals surface area contributed by atoms with Gasteiger partial charge in [-0.1, -0.05) is 19.9 Å². The van der Waals surface area contributed by atoms with Crippen molar-refractivity contribution < 1.29 is 9.13 Å². The minimum Gasteiger partial charge on any atom is -0.476 e. The van der Waals surface area contributed by atoms with E-state index >= 15 is 0 Å². The molecule has 0 unspecified atom stereocenters. The van der Waals surface area contributed by atoms with Crippen molar-refractivity contribution >= 4 is 0 Å². The highest BCUT2D eigenvalue weighted by atomic mass is 19.1. The van der Waals surface area contributed by atoms with E-state index in [9.17, 15) is 4.39 Å². The van der Waals surface area contributed by atoms with E-state index in [0.717, 1.165) is 6.54 Å². The normalized spacial score (nSPS) is 17.2. The summed E-state index contributed by atoms with van der Waals surface area (Å²) in [5, 5.41) is 0. The molecule has 1 fully saturated rings. The number of halogens is 1. The van der Waals surface area contributed by atoms with Gasteiger partial charge in [-0.2, -0.15) is 0 Å². The second kappa shape index (κ2) is 5.45. The molecule has 94 valence electrons. The van der Waals surface area contributed by atoms with Crippen LogP contribution >= 0.6 is 0 Å². The lowest BCUT2D eigenvalue weighted by molar-refractivity contribution is 0.0533. The number of hydrogen-bond donors (Lipinski definition) is 0. The molecule has 0 aromatic carbocycles. The zero-order valence-electron chi connectivity index (χ0n) is 10.4. The van der Waals surface area contributed by atoms with Crippen LogP contribution in [0.1, 0.15) is 25.3 Å². The van der Waals surface area contributed by atoms with Crippen LogP contribution in [0.4, 0.5) is 4.39 Å². The molecule has 0 saturated carbocycles. The van der Waals surface area contributed by atoms with Crippen molar-refractivity contribution in [3.63, 3.8) is 0 Å². The topological polar surface area (TPSA) is 25.4 Å². The lowest BCUT2D eigenvalue weighted by atomic mass is 10.1. The molecule has 1 aliphatic rings. The molecule has 0 spiro atoms. The van der Waals surface area contributed by atoms with Gasteiger partial charge in [-0.3, -0.25) is 4.90 Å². The Hall–Kier alpha value is -1.16. The summed E-state index contributed by atoms with van der Waals surface area (Å²) in [6.07, 6.45) is 1.21. The molecule has 0 atom stereocenters. The lowest BCUT2D eigenvalue weighted by Crippen LogP contribution is -2.49. The van der Waals surface area contributed by atoms with E-state index in [1.165, 1.54) is 5.56 Å². The van der Waals surface area contributed by atoms with Gasteiger partial charge in [-0.25, -0.2) is 9.37 Å². The smallest absolute Gasteiger partial charge is 0.213 e. The van der Waals surface area contributed by atoms with Gasteiger partial charge in [0.05, 0.1) is 0 Å². The zero-order valence-corrected chi connectivity index (χ0v) is 10.4. The van der Waals surface area contributed by atoms with Crippen molar-refractivity contribution in [2.24, 2.45) is 0 Å². The first-order valence-corrected chi connectivity index (χ1v) is 6.10. The van der Waals surface area contributed by atoms with Gasteiger partial charge < -0.3 is 4.74 Å². The summed E-state index contributed by atoms with van der Waals surface area (Å²) in [5.74, 6) is 1.13. The molecule has 1 aliphatic heterocycles.